The highest BCUT2D eigenvalue weighted by atomic mass is 79.9. The normalized spacial score (nSPS) is 15.9. The Bertz CT molecular complexity index is 448. The fraction of sp³-hybridized carbons (Fsp3) is 0.417. The fourth-order valence-corrected chi connectivity index (χ4v) is 2.00. The summed E-state index contributed by atoms with van der Waals surface area (Å²) in [6, 6.07) is 4.34. The van der Waals surface area contributed by atoms with Gasteiger partial charge in [0.2, 0.25) is 0 Å². The summed E-state index contributed by atoms with van der Waals surface area (Å²) in [4.78, 5) is 0. The van der Waals surface area contributed by atoms with Crippen LogP contribution < -0.4 is 0 Å². The smallest absolute Gasteiger partial charge is 0.167 e. The summed E-state index contributed by atoms with van der Waals surface area (Å²) in [5.41, 5.74) is -0.126. The Morgan fingerprint density at radius 3 is 2.61 bits per heavy atom. The summed E-state index contributed by atoms with van der Waals surface area (Å²) in [5.74, 6) is -0.669. The van der Waals surface area contributed by atoms with Gasteiger partial charge in [0.05, 0.1) is 10.7 Å². The van der Waals surface area contributed by atoms with E-state index in [2.05, 4.69) is 20.3 Å². The minimum absolute atomic E-state index is 0.126. The average molecular weight is 338 g/mol. The Morgan fingerprint density at radius 2 is 2.06 bits per heavy atom. The van der Waals surface area contributed by atoms with Crippen molar-refractivity contribution < 1.29 is 13.3 Å². The number of hydrogen-bond donors (Lipinski definition) is 0. The zero-order valence-electron chi connectivity index (χ0n) is 10.3. The molecule has 100 valence electrons. The van der Waals surface area contributed by atoms with Crippen molar-refractivity contribution in [1.82, 2.24) is 0 Å². The minimum atomic E-state index is -1.71. The Balaban J connectivity index is 2.86. The lowest BCUT2D eigenvalue weighted by atomic mass is 10.1. The van der Waals surface area contributed by atoms with Crippen molar-refractivity contribution in [3.8, 4) is 0 Å². The molecule has 0 saturated heterocycles. The summed E-state index contributed by atoms with van der Waals surface area (Å²) in [6.45, 7) is 5.19. The monoisotopic (exact) mass is 337 g/mol. The number of alkyl halides is 1. The van der Waals surface area contributed by atoms with Crippen LogP contribution in [-0.2, 0) is 11.4 Å². The van der Waals surface area contributed by atoms with Gasteiger partial charge in [0.1, 0.15) is 21.9 Å². The Morgan fingerprint density at radius 1 is 1.44 bits per heavy atom. The number of rotatable bonds is 3. The first-order valence-electron chi connectivity index (χ1n) is 5.27. The van der Waals surface area contributed by atoms with Gasteiger partial charge in [-0.15, -0.1) is 0 Å². The third kappa shape index (κ3) is 4.03. The van der Waals surface area contributed by atoms with Gasteiger partial charge >= 0.3 is 0 Å². The van der Waals surface area contributed by atoms with E-state index in [-0.39, 0.29) is 10.0 Å². The van der Waals surface area contributed by atoms with Gasteiger partial charge in [0.15, 0.2) is 6.17 Å². The SMILES string of the molecule is CC(C)(C)[S@@+]([O-])N=C[C@H](F)c1cccc(Br)c1F. The van der Waals surface area contributed by atoms with Crippen molar-refractivity contribution in [2.24, 2.45) is 4.40 Å². The summed E-state index contributed by atoms with van der Waals surface area (Å²) in [5, 5.41) is 0. The van der Waals surface area contributed by atoms with Gasteiger partial charge in [-0.2, -0.15) is 0 Å². The molecule has 0 saturated carbocycles. The predicted octanol–water partition coefficient (Wildman–Crippen LogP) is 4.13. The second-order valence-corrected chi connectivity index (χ2v) is 7.45. The van der Waals surface area contributed by atoms with E-state index < -0.39 is 28.1 Å². The third-order valence-electron chi connectivity index (χ3n) is 2.09. The van der Waals surface area contributed by atoms with Gasteiger partial charge in [0.25, 0.3) is 0 Å². The zero-order chi connectivity index (χ0) is 13.9. The minimum Gasteiger partial charge on any atom is -0.591 e. The van der Waals surface area contributed by atoms with Crippen molar-refractivity contribution in [2.45, 2.75) is 31.7 Å². The molecule has 2 atom stereocenters. The van der Waals surface area contributed by atoms with E-state index in [4.69, 9.17) is 0 Å². The van der Waals surface area contributed by atoms with Crippen LogP contribution in [0.1, 0.15) is 32.5 Å². The number of benzene rings is 1. The van der Waals surface area contributed by atoms with Crippen molar-refractivity contribution in [2.75, 3.05) is 0 Å². The standard InChI is InChI=1S/C12H14BrF2NOS/c1-12(2,3)18(17)16-7-10(14)8-5-4-6-9(13)11(8)15/h4-7,10H,1-3H3/t10-,18+/m0/s1. The molecule has 0 aliphatic rings. The van der Waals surface area contributed by atoms with Crippen LogP contribution in [0.3, 0.4) is 0 Å². The van der Waals surface area contributed by atoms with Crippen molar-refractivity contribution in [1.29, 1.82) is 0 Å². The Labute approximate surface area is 117 Å². The van der Waals surface area contributed by atoms with Crippen LogP contribution in [-0.4, -0.2) is 15.5 Å². The van der Waals surface area contributed by atoms with E-state index >= 15 is 0 Å². The molecular formula is C12H14BrF2NOS. The van der Waals surface area contributed by atoms with E-state index in [1.54, 1.807) is 20.8 Å². The van der Waals surface area contributed by atoms with Gasteiger partial charge < -0.3 is 4.55 Å². The molecule has 0 aliphatic heterocycles. The van der Waals surface area contributed by atoms with Crippen LogP contribution >= 0.6 is 15.9 Å². The molecule has 1 rings (SSSR count). The molecule has 2 nitrogen and oxygen atoms in total. The molecule has 0 unspecified atom stereocenters. The molecule has 0 aromatic heterocycles. The van der Waals surface area contributed by atoms with Crippen LogP contribution in [0.15, 0.2) is 27.1 Å². The third-order valence-corrected chi connectivity index (χ3v) is 4.06. The Hall–Kier alpha value is -0.460. The second kappa shape index (κ2) is 6.12. The fourth-order valence-electron chi connectivity index (χ4n) is 1.08. The quantitative estimate of drug-likeness (QED) is 0.603. The molecule has 0 aliphatic carbocycles. The van der Waals surface area contributed by atoms with Crippen molar-refractivity contribution in [3.63, 3.8) is 0 Å². The van der Waals surface area contributed by atoms with Crippen LogP contribution in [0.25, 0.3) is 0 Å². The summed E-state index contributed by atoms with van der Waals surface area (Å²) >= 11 is 1.43. The molecule has 0 fully saturated rings. The summed E-state index contributed by atoms with van der Waals surface area (Å²) in [7, 11) is 0. The van der Waals surface area contributed by atoms with Gasteiger partial charge in [-0.3, -0.25) is 0 Å². The highest BCUT2D eigenvalue weighted by Gasteiger charge is 2.26. The molecule has 6 heteroatoms. The van der Waals surface area contributed by atoms with E-state index in [9.17, 15) is 13.3 Å². The number of hydrogen-bond acceptors (Lipinski definition) is 2. The topological polar surface area (TPSA) is 35.4 Å². The van der Waals surface area contributed by atoms with Crippen LogP contribution in [0.2, 0.25) is 0 Å². The highest BCUT2D eigenvalue weighted by Crippen LogP contribution is 2.26. The maximum absolute atomic E-state index is 13.8. The molecule has 18 heavy (non-hydrogen) atoms. The number of nitrogens with zero attached hydrogens (tertiary/aromatic N) is 1. The van der Waals surface area contributed by atoms with Gasteiger partial charge in [-0.25, -0.2) is 8.78 Å². The maximum Gasteiger partial charge on any atom is 0.167 e. The van der Waals surface area contributed by atoms with Gasteiger partial charge in [-0.05, 0) is 42.8 Å². The molecule has 0 heterocycles. The molecule has 1 aromatic carbocycles. The number of halogens is 3. The van der Waals surface area contributed by atoms with Crippen LogP contribution in [0.4, 0.5) is 8.78 Å². The van der Waals surface area contributed by atoms with Gasteiger partial charge in [0, 0.05) is 5.56 Å². The second-order valence-electron chi connectivity index (χ2n) is 4.66. The van der Waals surface area contributed by atoms with Crippen LogP contribution in [0.5, 0.6) is 0 Å². The van der Waals surface area contributed by atoms with Gasteiger partial charge in [-0.1, -0.05) is 16.5 Å². The summed E-state index contributed by atoms with van der Waals surface area (Å²) in [6.07, 6.45) is -0.833. The van der Waals surface area contributed by atoms with E-state index in [1.165, 1.54) is 18.2 Å². The predicted molar refractivity (Wildman–Crippen MR) is 74.3 cm³/mol. The van der Waals surface area contributed by atoms with E-state index in [0.29, 0.717) is 0 Å². The van der Waals surface area contributed by atoms with Crippen molar-refractivity contribution in [3.05, 3.63) is 34.1 Å². The van der Waals surface area contributed by atoms with E-state index in [0.717, 1.165) is 6.21 Å². The molecule has 0 bridgehead atoms. The summed E-state index contributed by atoms with van der Waals surface area (Å²) < 4.78 is 42.2. The van der Waals surface area contributed by atoms with Crippen molar-refractivity contribution >= 4 is 33.5 Å². The molecular weight excluding hydrogens is 324 g/mol. The largest absolute Gasteiger partial charge is 0.591 e. The maximum atomic E-state index is 13.8. The zero-order valence-corrected chi connectivity index (χ0v) is 12.7. The molecule has 1 aromatic rings. The molecule has 0 radical (unpaired) electrons. The first-order chi connectivity index (χ1) is 8.23. The molecule has 0 spiro atoms. The highest BCUT2D eigenvalue weighted by molar-refractivity contribution is 9.10. The lowest BCUT2D eigenvalue weighted by molar-refractivity contribution is 0.428. The first kappa shape index (κ1) is 15.6. The first-order valence-corrected chi connectivity index (χ1v) is 7.17. The van der Waals surface area contributed by atoms with Crippen LogP contribution in [0, 0.1) is 5.82 Å². The van der Waals surface area contributed by atoms with E-state index in [1.807, 2.05) is 0 Å². The molecule has 0 amide bonds. The Kier molecular flexibility index (Phi) is 5.31. The average Bonchev–Trinajstić information content (AvgIpc) is 2.27. The lowest BCUT2D eigenvalue weighted by Gasteiger charge is -2.18. The lowest BCUT2D eigenvalue weighted by Crippen LogP contribution is -2.26. The molecule has 0 N–H and O–H groups in total.